The van der Waals surface area contributed by atoms with Gasteiger partial charge in [0.05, 0.1) is 47.7 Å². The molecule has 0 aliphatic heterocycles. The van der Waals surface area contributed by atoms with Gasteiger partial charge in [0, 0.05) is 11.0 Å². The molecule has 132 valence electrons. The summed E-state index contributed by atoms with van der Waals surface area (Å²) in [5, 5.41) is 17.1. The molecule has 4 N–H and O–H groups in total. The first-order valence-corrected chi connectivity index (χ1v) is 8.01. The molecule has 0 spiro atoms. The third-order valence-electron chi connectivity index (χ3n) is 2.85. The van der Waals surface area contributed by atoms with Crippen LogP contribution in [0.4, 0.5) is 5.69 Å². The Labute approximate surface area is 146 Å². The monoisotopic (exact) mass is 375 g/mol. The Bertz CT molecular complexity index is 725. The average Bonchev–Trinajstić information content (AvgIpc) is 2.57. The fourth-order valence-corrected chi connectivity index (χ4v) is 3.24. The van der Waals surface area contributed by atoms with Crippen molar-refractivity contribution in [1.82, 2.24) is 0 Å². The second-order valence-corrected chi connectivity index (χ2v) is 6.17. The summed E-state index contributed by atoms with van der Waals surface area (Å²) in [5.74, 6) is 0.508. The van der Waals surface area contributed by atoms with Crippen LogP contribution in [0.3, 0.4) is 0 Å². The van der Waals surface area contributed by atoms with E-state index in [2.05, 4.69) is 4.89 Å². The van der Waals surface area contributed by atoms with Gasteiger partial charge in [-0.25, -0.2) is 9.10 Å². The van der Waals surface area contributed by atoms with Crippen LogP contribution in [0.15, 0.2) is 40.1 Å². The summed E-state index contributed by atoms with van der Waals surface area (Å²) in [6.45, 7) is 0. The molecule has 1 atom stereocenters. The van der Waals surface area contributed by atoms with E-state index in [0.29, 0.717) is 20.6 Å². The van der Waals surface area contributed by atoms with Gasteiger partial charge in [-0.3, -0.25) is 5.26 Å². The zero-order chi connectivity index (χ0) is 18.3. The number of halogens is 1. The number of ether oxygens (including phenoxy) is 2. The highest BCUT2D eigenvalue weighted by Crippen LogP contribution is 2.37. The van der Waals surface area contributed by atoms with Gasteiger partial charge in [0.25, 0.3) is 0 Å². The smallest absolute Gasteiger partial charge is 0.181 e. The third-order valence-corrected chi connectivity index (χ3v) is 4.69. The lowest BCUT2D eigenvalue weighted by Gasteiger charge is -2.11. The minimum atomic E-state index is -1.58. The van der Waals surface area contributed by atoms with E-state index >= 15 is 0 Å². The number of hydrogen-bond acceptors (Lipinski definition) is 7. The maximum Gasteiger partial charge on any atom is 0.181 e. The zero-order valence-electron chi connectivity index (χ0n) is 13.3. The Morgan fingerprint density at radius 1 is 1.12 bits per heavy atom. The number of hydrogen-bond donors (Lipinski definition) is 3. The summed E-state index contributed by atoms with van der Waals surface area (Å²) in [7, 11) is 2.50. The lowest BCUT2D eigenvalue weighted by atomic mass is 10.3. The molecule has 0 aliphatic carbocycles. The second-order valence-electron chi connectivity index (χ2n) is 4.31. The van der Waals surface area contributed by atoms with Crippen molar-refractivity contribution in [3.63, 3.8) is 0 Å². The maximum absolute atomic E-state index is 12.6. The normalized spacial score (nSPS) is 11.2. The van der Waals surface area contributed by atoms with E-state index in [4.69, 9.17) is 32.1 Å². The lowest BCUT2D eigenvalue weighted by Crippen LogP contribution is -1.98. The highest BCUT2D eigenvalue weighted by molar-refractivity contribution is 7.85. The van der Waals surface area contributed by atoms with Crippen molar-refractivity contribution < 1.29 is 28.9 Å². The molecule has 24 heavy (non-hydrogen) atoms. The van der Waals surface area contributed by atoms with Crippen LogP contribution in [-0.2, 0) is 15.7 Å². The number of anilines is 1. The second kappa shape index (κ2) is 9.33. The van der Waals surface area contributed by atoms with E-state index in [1.54, 1.807) is 18.2 Å². The molecule has 1 unspecified atom stereocenters. The first kappa shape index (κ1) is 20.0. The Kier molecular flexibility index (Phi) is 7.80. The van der Waals surface area contributed by atoms with Gasteiger partial charge in [0.15, 0.2) is 11.5 Å². The molecular weight excluding hydrogens is 358 g/mol. The van der Waals surface area contributed by atoms with Crippen LogP contribution < -0.4 is 15.2 Å². The van der Waals surface area contributed by atoms with Crippen molar-refractivity contribution in [3.8, 4) is 17.2 Å². The molecule has 0 amide bonds. The number of benzene rings is 2. The highest BCUT2D eigenvalue weighted by atomic mass is 35.5. The molecule has 0 radical (unpaired) electrons. The quantitative estimate of drug-likeness (QED) is 0.326. The fourth-order valence-electron chi connectivity index (χ4n) is 1.75. The molecule has 9 heteroatoms. The predicted octanol–water partition coefficient (Wildman–Crippen LogP) is 2.92. The van der Waals surface area contributed by atoms with Crippen molar-refractivity contribution in [3.05, 3.63) is 35.4 Å². The summed E-state index contributed by atoms with van der Waals surface area (Å²) < 4.78 is 22.8. The minimum Gasteiger partial charge on any atom is -0.503 e. The molecule has 0 fully saturated rings. The van der Waals surface area contributed by atoms with Crippen LogP contribution in [0.25, 0.3) is 0 Å². The SMILES string of the molecule is COO.COc1ccc(Cl)c(S(=O)c2cc(N)c(O)c(OC)c2)c1. The Morgan fingerprint density at radius 3 is 2.29 bits per heavy atom. The number of nitrogens with two attached hydrogens (primary N) is 1. The van der Waals surface area contributed by atoms with Gasteiger partial charge >= 0.3 is 0 Å². The Hall–Kier alpha value is -2.00. The van der Waals surface area contributed by atoms with E-state index in [1.165, 1.54) is 33.5 Å². The largest absolute Gasteiger partial charge is 0.503 e. The predicted molar refractivity (Wildman–Crippen MR) is 91.4 cm³/mol. The van der Waals surface area contributed by atoms with Crippen molar-refractivity contribution in [2.75, 3.05) is 27.1 Å². The van der Waals surface area contributed by atoms with E-state index in [-0.39, 0.29) is 17.2 Å². The summed E-state index contributed by atoms with van der Waals surface area (Å²) >= 11 is 6.08. The fraction of sp³-hybridized carbons (Fsp3) is 0.200. The molecule has 2 rings (SSSR count). The summed E-state index contributed by atoms with van der Waals surface area (Å²) in [5.41, 5.74) is 5.77. The van der Waals surface area contributed by atoms with E-state index < -0.39 is 10.8 Å². The van der Waals surface area contributed by atoms with Crippen molar-refractivity contribution in [1.29, 1.82) is 0 Å². The minimum absolute atomic E-state index is 0.0803. The highest BCUT2D eigenvalue weighted by Gasteiger charge is 2.17. The van der Waals surface area contributed by atoms with Gasteiger partial charge in [-0.15, -0.1) is 0 Å². The van der Waals surface area contributed by atoms with E-state index in [9.17, 15) is 9.32 Å². The Morgan fingerprint density at radius 2 is 1.75 bits per heavy atom. The molecule has 0 aliphatic rings. The topological polar surface area (TPSA) is 111 Å². The number of aromatic hydroxyl groups is 1. The van der Waals surface area contributed by atoms with Gasteiger partial charge in [0.2, 0.25) is 0 Å². The van der Waals surface area contributed by atoms with Gasteiger partial charge in [0.1, 0.15) is 5.75 Å². The van der Waals surface area contributed by atoms with Crippen LogP contribution in [0.1, 0.15) is 0 Å². The van der Waals surface area contributed by atoms with Crippen LogP contribution >= 0.6 is 11.6 Å². The number of nitrogen functional groups attached to an aromatic ring is 1. The van der Waals surface area contributed by atoms with Gasteiger partial charge in [-0.05, 0) is 24.3 Å². The molecule has 2 aromatic rings. The maximum atomic E-state index is 12.6. The van der Waals surface area contributed by atoms with Crippen molar-refractivity contribution in [2.45, 2.75) is 9.79 Å². The molecule has 0 heterocycles. The van der Waals surface area contributed by atoms with Crippen LogP contribution in [0, 0.1) is 0 Å². The molecule has 2 aromatic carbocycles. The van der Waals surface area contributed by atoms with Crippen LogP contribution in [0.2, 0.25) is 5.02 Å². The molecule has 0 saturated heterocycles. The van der Waals surface area contributed by atoms with Crippen molar-refractivity contribution >= 4 is 28.1 Å². The number of methoxy groups -OCH3 is 2. The average molecular weight is 376 g/mol. The van der Waals surface area contributed by atoms with Gasteiger partial charge < -0.3 is 20.3 Å². The first-order valence-electron chi connectivity index (χ1n) is 6.48. The van der Waals surface area contributed by atoms with E-state index in [1.807, 2.05) is 0 Å². The molecule has 0 saturated carbocycles. The third kappa shape index (κ3) is 4.75. The van der Waals surface area contributed by atoms with E-state index in [0.717, 1.165) is 0 Å². The number of phenols is 1. The lowest BCUT2D eigenvalue weighted by molar-refractivity contribution is -0.214. The molecule has 0 bridgehead atoms. The summed E-state index contributed by atoms with van der Waals surface area (Å²) in [4.78, 5) is 4.01. The summed E-state index contributed by atoms with van der Waals surface area (Å²) in [6.07, 6.45) is 0. The molecular formula is C15H18ClNO6S. The first-order chi connectivity index (χ1) is 11.4. The van der Waals surface area contributed by atoms with Crippen molar-refractivity contribution in [2.24, 2.45) is 0 Å². The zero-order valence-corrected chi connectivity index (χ0v) is 14.9. The molecule has 0 aromatic heterocycles. The molecule has 7 nitrogen and oxygen atoms in total. The Balaban J connectivity index is 0.000000891. The number of phenolic OH excluding ortho intramolecular Hbond substituents is 1. The van der Waals surface area contributed by atoms with Crippen LogP contribution in [0.5, 0.6) is 17.2 Å². The number of rotatable bonds is 4. The summed E-state index contributed by atoms with van der Waals surface area (Å²) in [6, 6.07) is 7.75. The van der Waals surface area contributed by atoms with Gasteiger partial charge in [-0.1, -0.05) is 11.6 Å². The standard InChI is InChI=1S/C14H14ClNO4S.CH4O2/c1-19-8-3-4-10(15)13(5-8)21(18)9-6-11(16)14(17)12(7-9)20-2;1-3-2/h3-7,17H,16H2,1-2H3;2H,1H3. The van der Waals surface area contributed by atoms with Crippen LogP contribution in [-0.4, -0.2) is 35.9 Å². The van der Waals surface area contributed by atoms with Gasteiger partial charge in [-0.2, -0.15) is 0 Å².